The van der Waals surface area contributed by atoms with E-state index in [2.05, 4.69) is 82.2 Å². The maximum atomic E-state index is 9.97. The zero-order valence-electron chi connectivity index (χ0n) is 20.6. The fourth-order valence-electron chi connectivity index (χ4n) is 4.80. The molecule has 2 aromatic rings. The maximum absolute atomic E-state index is 9.97. The summed E-state index contributed by atoms with van der Waals surface area (Å²) in [5.74, 6) is -1.56. The number of benzene rings is 2. The Morgan fingerprint density at radius 3 is 1.88 bits per heavy atom. The summed E-state index contributed by atoms with van der Waals surface area (Å²) in [6.45, 7) is 19.1. The van der Waals surface area contributed by atoms with Crippen LogP contribution < -0.4 is 0 Å². The Bertz CT molecular complexity index is 1040. The molecule has 3 nitrogen and oxygen atoms in total. The first-order valence-corrected chi connectivity index (χ1v) is 14.8. The van der Waals surface area contributed by atoms with E-state index < -0.39 is 14.0 Å². The largest absolute Gasteiger partial charge is 0.365 e. The molecule has 1 aliphatic heterocycles. The Kier molecular flexibility index (Phi) is 6.54. The second-order valence-corrected chi connectivity index (χ2v) is 16.7. The standard InChI is InChI=1S/C27H36O3Si.Mn/c1-18-15-22-23(26(4,5)14-13-25(22,2)3)17-21(18)24(31(6,7)8)16-19-9-11-20(12-10-19)27(28)29-30-27;/h9-12,15-17,28H,13-14H2,1-8H3;/b24-16-;. The van der Waals surface area contributed by atoms with E-state index in [0.717, 1.165) is 5.56 Å². The second kappa shape index (κ2) is 8.23. The molecule has 5 heteroatoms. The van der Waals surface area contributed by atoms with Crippen LogP contribution in [0.3, 0.4) is 0 Å². The number of hydrogen-bond acceptors (Lipinski definition) is 3. The third-order valence-electron chi connectivity index (χ3n) is 7.12. The minimum atomic E-state index is -1.64. The van der Waals surface area contributed by atoms with Gasteiger partial charge in [0.2, 0.25) is 0 Å². The molecule has 0 saturated carbocycles. The molecule has 0 aromatic heterocycles. The van der Waals surface area contributed by atoms with Gasteiger partial charge in [-0.05, 0) is 58.4 Å². The predicted octanol–water partition coefficient (Wildman–Crippen LogP) is 6.82. The van der Waals surface area contributed by atoms with Crippen molar-refractivity contribution in [1.29, 1.82) is 0 Å². The monoisotopic (exact) mass is 491 g/mol. The van der Waals surface area contributed by atoms with Gasteiger partial charge in [-0.15, -0.1) is 0 Å². The van der Waals surface area contributed by atoms with Gasteiger partial charge in [0, 0.05) is 22.6 Å². The van der Waals surface area contributed by atoms with E-state index in [9.17, 15) is 5.11 Å². The Morgan fingerprint density at radius 1 is 0.906 bits per heavy atom. The fraction of sp³-hybridized carbons (Fsp3) is 0.481. The average Bonchev–Trinajstić information content (AvgIpc) is 3.42. The summed E-state index contributed by atoms with van der Waals surface area (Å²) in [7, 11) is -1.64. The molecule has 4 rings (SSSR count). The Morgan fingerprint density at radius 2 is 1.41 bits per heavy atom. The molecular weight excluding hydrogens is 455 g/mol. The number of rotatable bonds is 4. The molecule has 0 amide bonds. The van der Waals surface area contributed by atoms with Gasteiger partial charge in [-0.2, -0.15) is 9.78 Å². The van der Waals surface area contributed by atoms with Gasteiger partial charge in [0.1, 0.15) is 0 Å². The van der Waals surface area contributed by atoms with Crippen LogP contribution in [0.15, 0.2) is 36.4 Å². The molecule has 173 valence electrons. The third-order valence-corrected chi connectivity index (χ3v) is 9.15. The summed E-state index contributed by atoms with van der Waals surface area (Å²) in [6.07, 6.45) is 4.79. The van der Waals surface area contributed by atoms with Crippen LogP contribution >= 0.6 is 0 Å². The Labute approximate surface area is 204 Å². The van der Waals surface area contributed by atoms with Crippen LogP contribution in [0.4, 0.5) is 0 Å². The smallest absolute Gasteiger partial charge is 0.336 e. The minimum absolute atomic E-state index is 0. The van der Waals surface area contributed by atoms with Gasteiger partial charge < -0.3 is 5.11 Å². The molecular formula is C27H36MnO3Si. The number of fused-ring (bicyclic) bond motifs is 1. The summed E-state index contributed by atoms with van der Waals surface area (Å²) in [6, 6.07) is 12.7. The maximum Gasteiger partial charge on any atom is 0.365 e. The van der Waals surface area contributed by atoms with Gasteiger partial charge in [0.05, 0.1) is 8.07 Å². The molecule has 0 unspecified atom stereocenters. The van der Waals surface area contributed by atoms with Crippen LogP contribution in [0, 0.1) is 6.92 Å². The summed E-state index contributed by atoms with van der Waals surface area (Å²) in [5, 5.41) is 11.4. The van der Waals surface area contributed by atoms with Gasteiger partial charge in [-0.1, -0.05) is 95.0 Å². The normalized spacial score (nSPS) is 20.8. The van der Waals surface area contributed by atoms with Crippen molar-refractivity contribution in [2.24, 2.45) is 0 Å². The molecule has 1 fully saturated rings. The van der Waals surface area contributed by atoms with E-state index in [1.165, 1.54) is 40.3 Å². The van der Waals surface area contributed by atoms with Crippen molar-refractivity contribution in [3.8, 4) is 0 Å². The zero-order chi connectivity index (χ0) is 22.8. The van der Waals surface area contributed by atoms with Gasteiger partial charge >= 0.3 is 5.97 Å². The first-order chi connectivity index (χ1) is 14.2. The van der Waals surface area contributed by atoms with Crippen molar-refractivity contribution in [3.05, 3.63) is 69.8 Å². The summed E-state index contributed by atoms with van der Waals surface area (Å²) in [4.78, 5) is 9.36. The van der Waals surface area contributed by atoms with E-state index in [1.54, 1.807) is 0 Å². The molecule has 1 radical (unpaired) electrons. The quantitative estimate of drug-likeness (QED) is 0.221. The molecule has 1 heterocycles. The molecule has 1 N–H and O–H groups in total. The number of aryl methyl sites for hydroxylation is 1. The second-order valence-electron chi connectivity index (χ2n) is 11.7. The SMILES string of the molecule is Cc1cc2c(cc1/C(=C/c1ccc(C3(O)OO3)cc1)[Si](C)(C)C)C(C)(C)CCC2(C)C.[Mn]. The Hall–Kier alpha value is -1.20. The van der Waals surface area contributed by atoms with E-state index in [4.69, 9.17) is 0 Å². The van der Waals surface area contributed by atoms with E-state index in [-0.39, 0.29) is 27.9 Å². The van der Waals surface area contributed by atoms with Crippen LogP contribution in [0.5, 0.6) is 0 Å². The average molecular weight is 492 g/mol. The van der Waals surface area contributed by atoms with Crippen molar-refractivity contribution in [2.45, 2.75) is 83.9 Å². The molecule has 1 aliphatic carbocycles. The summed E-state index contributed by atoms with van der Waals surface area (Å²) < 4.78 is 0. The van der Waals surface area contributed by atoms with Crippen LogP contribution in [0.25, 0.3) is 11.3 Å². The van der Waals surface area contributed by atoms with Gasteiger partial charge in [-0.3, -0.25) is 0 Å². The molecule has 2 aliphatic rings. The van der Waals surface area contributed by atoms with Crippen LogP contribution in [-0.2, 0) is 43.6 Å². The third kappa shape index (κ3) is 4.70. The van der Waals surface area contributed by atoms with E-state index >= 15 is 0 Å². The van der Waals surface area contributed by atoms with Crippen molar-refractivity contribution >= 4 is 19.3 Å². The number of aliphatic hydroxyl groups is 1. The zero-order valence-corrected chi connectivity index (χ0v) is 22.8. The van der Waals surface area contributed by atoms with Gasteiger partial charge in [0.25, 0.3) is 0 Å². The summed E-state index contributed by atoms with van der Waals surface area (Å²) in [5.41, 5.74) is 7.94. The molecule has 0 atom stereocenters. The molecule has 0 bridgehead atoms. The first-order valence-electron chi connectivity index (χ1n) is 11.3. The van der Waals surface area contributed by atoms with Crippen LogP contribution in [0.1, 0.15) is 73.9 Å². The summed E-state index contributed by atoms with van der Waals surface area (Å²) >= 11 is 0. The predicted molar refractivity (Wildman–Crippen MR) is 130 cm³/mol. The van der Waals surface area contributed by atoms with Crippen LogP contribution in [-0.4, -0.2) is 13.2 Å². The fourth-order valence-corrected chi connectivity index (χ4v) is 6.48. The van der Waals surface area contributed by atoms with Crippen LogP contribution in [0.2, 0.25) is 19.6 Å². The topological polar surface area (TPSA) is 45.3 Å². The van der Waals surface area contributed by atoms with Crippen molar-refractivity contribution in [2.75, 3.05) is 0 Å². The Balaban J connectivity index is 0.00000289. The van der Waals surface area contributed by atoms with Crippen molar-refractivity contribution < 1.29 is 32.0 Å². The van der Waals surface area contributed by atoms with Gasteiger partial charge in [0.15, 0.2) is 0 Å². The molecule has 32 heavy (non-hydrogen) atoms. The minimum Gasteiger partial charge on any atom is -0.336 e. The van der Waals surface area contributed by atoms with Gasteiger partial charge in [-0.25, -0.2) is 0 Å². The van der Waals surface area contributed by atoms with Crippen molar-refractivity contribution in [1.82, 2.24) is 0 Å². The molecule has 0 spiro atoms. The first kappa shape index (κ1) is 25.4. The van der Waals surface area contributed by atoms with Crippen molar-refractivity contribution in [3.63, 3.8) is 0 Å². The number of hydrogen-bond donors (Lipinski definition) is 1. The molecule has 2 aromatic carbocycles. The van der Waals surface area contributed by atoms with E-state index in [1.807, 2.05) is 24.3 Å². The van der Waals surface area contributed by atoms with E-state index in [0.29, 0.717) is 5.56 Å². The molecule has 1 saturated heterocycles.